The predicted octanol–water partition coefficient (Wildman–Crippen LogP) is 3.57. The van der Waals surface area contributed by atoms with Crippen molar-refractivity contribution in [3.05, 3.63) is 33.9 Å². The van der Waals surface area contributed by atoms with E-state index in [1.54, 1.807) is 18.5 Å². The van der Waals surface area contributed by atoms with E-state index in [9.17, 15) is 10.1 Å². The summed E-state index contributed by atoms with van der Waals surface area (Å²) in [5, 5.41) is 11.8. The molecule has 0 bridgehead atoms. The first-order valence-corrected chi connectivity index (χ1v) is 10.2. The lowest BCUT2D eigenvalue weighted by atomic mass is 10.1. The van der Waals surface area contributed by atoms with E-state index in [1.807, 2.05) is 11.8 Å². The van der Waals surface area contributed by atoms with Gasteiger partial charge in [0.1, 0.15) is 6.21 Å². The Morgan fingerprint density at radius 3 is 2.79 bits per heavy atom. The number of nitro groups is 1. The van der Waals surface area contributed by atoms with Gasteiger partial charge >= 0.3 is 5.70 Å². The van der Waals surface area contributed by atoms with Crippen LogP contribution in [0.3, 0.4) is 0 Å². The van der Waals surface area contributed by atoms with Crippen LogP contribution in [0.4, 0.5) is 0 Å². The SMILES string of the molecule is CC=N/C=C\C#CC12CN1C(N(C(CC)CC)C1CCCC1)=C([N+](=O)[O-])C=N2. The predicted molar refractivity (Wildman–Crippen MR) is 111 cm³/mol. The van der Waals surface area contributed by atoms with Crippen LogP contribution in [0.2, 0.25) is 0 Å². The highest BCUT2D eigenvalue weighted by molar-refractivity contribution is 5.79. The minimum absolute atomic E-state index is 0.0971. The maximum absolute atomic E-state index is 11.8. The Hall–Kier alpha value is -2.62. The summed E-state index contributed by atoms with van der Waals surface area (Å²) in [5.74, 6) is 6.88. The second-order valence-corrected chi connectivity index (χ2v) is 7.44. The Kier molecular flexibility index (Phi) is 6.18. The van der Waals surface area contributed by atoms with Crippen LogP contribution >= 0.6 is 0 Å². The van der Waals surface area contributed by atoms with Crippen molar-refractivity contribution in [1.82, 2.24) is 9.80 Å². The second kappa shape index (κ2) is 8.59. The van der Waals surface area contributed by atoms with Gasteiger partial charge in [-0.3, -0.25) is 15.1 Å². The highest BCUT2D eigenvalue weighted by Crippen LogP contribution is 2.45. The van der Waals surface area contributed by atoms with E-state index in [2.05, 4.69) is 40.6 Å². The van der Waals surface area contributed by atoms with Crippen molar-refractivity contribution in [2.75, 3.05) is 6.54 Å². The summed E-state index contributed by atoms with van der Waals surface area (Å²) in [4.78, 5) is 24.3. The zero-order valence-corrected chi connectivity index (χ0v) is 17.0. The van der Waals surface area contributed by atoms with Crippen LogP contribution in [0, 0.1) is 22.0 Å². The Morgan fingerprint density at radius 2 is 2.18 bits per heavy atom. The van der Waals surface area contributed by atoms with E-state index in [0.29, 0.717) is 18.4 Å². The highest BCUT2D eigenvalue weighted by atomic mass is 16.6. The molecule has 1 aliphatic carbocycles. The number of aliphatic imine (C=N–C) groups is 2. The summed E-state index contributed by atoms with van der Waals surface area (Å²) < 4.78 is 0. The third-order valence-corrected chi connectivity index (χ3v) is 5.77. The minimum atomic E-state index is -0.669. The Morgan fingerprint density at radius 1 is 1.46 bits per heavy atom. The molecule has 150 valence electrons. The van der Waals surface area contributed by atoms with E-state index in [-0.39, 0.29) is 16.7 Å². The fourth-order valence-corrected chi connectivity index (χ4v) is 4.28. The van der Waals surface area contributed by atoms with Crippen LogP contribution in [-0.4, -0.2) is 51.4 Å². The van der Waals surface area contributed by atoms with E-state index in [4.69, 9.17) is 0 Å². The lowest BCUT2D eigenvalue weighted by Crippen LogP contribution is -2.46. The van der Waals surface area contributed by atoms with Crippen molar-refractivity contribution < 1.29 is 4.92 Å². The molecule has 0 aromatic rings. The van der Waals surface area contributed by atoms with Gasteiger partial charge in [0.05, 0.1) is 11.5 Å². The quantitative estimate of drug-likeness (QED) is 0.221. The van der Waals surface area contributed by atoms with Crippen molar-refractivity contribution in [2.24, 2.45) is 9.98 Å². The van der Waals surface area contributed by atoms with Crippen molar-refractivity contribution in [3.8, 4) is 11.8 Å². The number of rotatable bonds is 7. The molecule has 3 rings (SSSR count). The molecule has 7 heteroatoms. The zero-order chi connectivity index (χ0) is 20.1. The zero-order valence-electron chi connectivity index (χ0n) is 17.0. The fraction of sp³-hybridized carbons (Fsp3) is 0.619. The van der Waals surface area contributed by atoms with Gasteiger partial charge in [-0.05, 0) is 38.5 Å². The maximum atomic E-state index is 11.8. The molecule has 0 amide bonds. The number of fused-ring (bicyclic) bond motifs is 1. The van der Waals surface area contributed by atoms with Gasteiger partial charge in [0.25, 0.3) is 0 Å². The van der Waals surface area contributed by atoms with Crippen LogP contribution in [0.1, 0.15) is 59.3 Å². The van der Waals surface area contributed by atoms with E-state index >= 15 is 0 Å². The first-order valence-electron chi connectivity index (χ1n) is 10.2. The molecule has 2 heterocycles. The monoisotopic (exact) mass is 383 g/mol. The summed E-state index contributed by atoms with van der Waals surface area (Å²) in [5.41, 5.74) is -0.572. The molecule has 0 spiro atoms. The smallest absolute Gasteiger partial charge is 0.327 e. The van der Waals surface area contributed by atoms with Crippen molar-refractivity contribution in [3.63, 3.8) is 0 Å². The lowest BCUT2D eigenvalue weighted by molar-refractivity contribution is -0.418. The summed E-state index contributed by atoms with van der Waals surface area (Å²) in [6, 6.07) is 0.635. The van der Waals surface area contributed by atoms with Gasteiger partial charge in [-0.1, -0.05) is 32.6 Å². The van der Waals surface area contributed by atoms with E-state index in [0.717, 1.165) is 25.7 Å². The minimum Gasteiger partial charge on any atom is -0.346 e. The van der Waals surface area contributed by atoms with Gasteiger partial charge in [-0.25, -0.2) is 4.99 Å². The molecular weight excluding hydrogens is 354 g/mol. The number of allylic oxidation sites excluding steroid dienone is 2. The van der Waals surface area contributed by atoms with Crippen LogP contribution in [0.5, 0.6) is 0 Å². The van der Waals surface area contributed by atoms with Gasteiger partial charge < -0.3 is 9.80 Å². The molecule has 0 radical (unpaired) electrons. The fourth-order valence-electron chi connectivity index (χ4n) is 4.28. The first-order chi connectivity index (χ1) is 13.6. The summed E-state index contributed by atoms with van der Waals surface area (Å²) in [6.45, 7) is 6.76. The standard InChI is InChI=1S/C21H29N5O2/c1-4-17(5-2)25(18-11-7-8-12-18)20-19(26(27)28)15-23-21(16-24(20)21)13-9-10-14-22-6-3/h6,10,14-15,17-18H,4-5,7-8,11-12,16H2,1-3H3/b14-10-,22-6?. The molecule has 1 saturated carbocycles. The molecule has 1 saturated heterocycles. The third-order valence-electron chi connectivity index (χ3n) is 5.77. The van der Waals surface area contributed by atoms with Gasteiger partial charge in [-0.15, -0.1) is 0 Å². The third kappa shape index (κ3) is 3.82. The maximum Gasteiger partial charge on any atom is 0.327 e. The van der Waals surface area contributed by atoms with Gasteiger partial charge in [0, 0.05) is 30.6 Å². The van der Waals surface area contributed by atoms with Crippen molar-refractivity contribution >= 4 is 12.4 Å². The molecule has 28 heavy (non-hydrogen) atoms. The summed E-state index contributed by atoms with van der Waals surface area (Å²) >= 11 is 0. The molecule has 1 unspecified atom stereocenters. The Bertz CT molecular complexity index is 776. The van der Waals surface area contributed by atoms with E-state index in [1.165, 1.54) is 19.1 Å². The number of hydrogen-bond acceptors (Lipinski definition) is 6. The molecule has 2 aliphatic heterocycles. The number of nitrogens with zero attached hydrogens (tertiary/aromatic N) is 5. The molecule has 0 aromatic carbocycles. The van der Waals surface area contributed by atoms with Crippen LogP contribution < -0.4 is 0 Å². The number of hydrogen-bond donors (Lipinski definition) is 0. The highest BCUT2D eigenvalue weighted by Gasteiger charge is 2.59. The molecule has 7 nitrogen and oxygen atoms in total. The van der Waals surface area contributed by atoms with Crippen LogP contribution in [0.25, 0.3) is 0 Å². The molecule has 3 aliphatic rings. The van der Waals surface area contributed by atoms with Gasteiger partial charge in [-0.2, -0.15) is 0 Å². The largest absolute Gasteiger partial charge is 0.346 e. The van der Waals surface area contributed by atoms with Crippen LogP contribution in [0.15, 0.2) is 33.8 Å². The Balaban J connectivity index is 1.97. The second-order valence-electron chi connectivity index (χ2n) is 7.44. The topological polar surface area (TPSA) is 74.1 Å². The van der Waals surface area contributed by atoms with Crippen molar-refractivity contribution in [2.45, 2.75) is 77.0 Å². The average Bonchev–Trinajstić information content (AvgIpc) is 3.16. The molecule has 0 N–H and O–H groups in total. The van der Waals surface area contributed by atoms with Crippen LogP contribution in [-0.2, 0) is 0 Å². The average molecular weight is 383 g/mol. The first kappa shape index (κ1) is 20.1. The van der Waals surface area contributed by atoms with Crippen molar-refractivity contribution in [1.29, 1.82) is 0 Å². The molecular formula is C21H29N5O2. The van der Waals surface area contributed by atoms with Gasteiger partial charge in [0.15, 0.2) is 5.82 Å². The molecule has 2 fully saturated rings. The lowest BCUT2D eigenvalue weighted by Gasteiger charge is -2.40. The molecule has 1 atom stereocenters. The molecule has 0 aromatic heterocycles. The normalized spacial score (nSPS) is 24.2. The summed E-state index contributed by atoms with van der Waals surface area (Å²) in [6.07, 6.45) is 12.9. The van der Waals surface area contributed by atoms with E-state index < -0.39 is 5.66 Å². The summed E-state index contributed by atoms with van der Waals surface area (Å²) in [7, 11) is 0. The Labute approximate surface area is 167 Å². The van der Waals surface area contributed by atoms with Gasteiger partial charge in [0.2, 0.25) is 5.66 Å².